The number of carbonyl (C=O) groups is 6. The maximum atomic E-state index is 12.9. The third-order valence-corrected chi connectivity index (χ3v) is 6.93. The van der Waals surface area contributed by atoms with Crippen LogP contribution in [0, 0.1) is 0 Å². The summed E-state index contributed by atoms with van der Waals surface area (Å²) >= 11 is 0. The lowest BCUT2D eigenvalue weighted by molar-refractivity contribution is 0.0525. The van der Waals surface area contributed by atoms with E-state index < -0.39 is 53.0 Å². The van der Waals surface area contributed by atoms with Gasteiger partial charge < -0.3 is 27.1 Å². The van der Waals surface area contributed by atoms with Gasteiger partial charge in [0.2, 0.25) is 0 Å². The molecule has 12 nitrogen and oxygen atoms in total. The van der Waals surface area contributed by atoms with E-state index in [2.05, 4.69) is 0 Å². The minimum atomic E-state index is -2.81. The standard InChI is InChI=1S/C24H12O12P2/c25-19-13-7-1-2-8-14(13)20(26)32-37(31-19)35-23(29)17-11-5-6-12-18(17)24(30)36-38-33-21(27)15-9-3-4-10-16(15)22(28)34-38/h1-12H. The predicted octanol–water partition coefficient (Wildman–Crippen LogP) is 4.51. The molecule has 2 aliphatic heterocycles. The van der Waals surface area contributed by atoms with Crippen LogP contribution in [0.2, 0.25) is 0 Å². The Morgan fingerprint density at radius 1 is 0.474 bits per heavy atom. The molecule has 0 aliphatic carbocycles. The normalized spacial score (nSPS) is 15.4. The largest absolute Gasteiger partial charge is 0.537 e. The van der Waals surface area contributed by atoms with Crippen LogP contribution in [-0.4, -0.2) is 35.8 Å². The van der Waals surface area contributed by atoms with Crippen LogP contribution >= 0.6 is 17.2 Å². The van der Waals surface area contributed by atoms with E-state index in [0.29, 0.717) is 0 Å². The molecule has 0 N–H and O–H groups in total. The van der Waals surface area contributed by atoms with E-state index in [-0.39, 0.29) is 33.4 Å². The summed E-state index contributed by atoms with van der Waals surface area (Å²) in [4.78, 5) is 75.2. The molecule has 2 aliphatic rings. The van der Waals surface area contributed by atoms with Crippen molar-refractivity contribution in [3.05, 3.63) is 106 Å². The molecule has 0 atom stereocenters. The van der Waals surface area contributed by atoms with Crippen molar-refractivity contribution >= 4 is 53.0 Å². The zero-order valence-corrected chi connectivity index (χ0v) is 20.5. The van der Waals surface area contributed by atoms with Crippen LogP contribution in [0.5, 0.6) is 0 Å². The van der Waals surface area contributed by atoms with E-state index in [4.69, 9.17) is 27.1 Å². The van der Waals surface area contributed by atoms with Gasteiger partial charge in [-0.3, -0.25) is 0 Å². The van der Waals surface area contributed by atoms with Crippen molar-refractivity contribution in [1.82, 2.24) is 0 Å². The van der Waals surface area contributed by atoms with E-state index in [1.807, 2.05) is 0 Å². The molecule has 0 spiro atoms. The fourth-order valence-corrected chi connectivity index (χ4v) is 4.96. The fraction of sp³-hybridized carbons (Fsp3) is 0. The first-order valence-corrected chi connectivity index (χ1v) is 12.7. The molecular weight excluding hydrogens is 542 g/mol. The van der Waals surface area contributed by atoms with Crippen LogP contribution < -0.4 is 0 Å². The Labute approximate surface area is 215 Å². The third-order valence-electron chi connectivity index (χ3n) is 5.05. The van der Waals surface area contributed by atoms with Crippen molar-refractivity contribution in [2.45, 2.75) is 0 Å². The Bertz CT molecular complexity index is 1330. The van der Waals surface area contributed by atoms with Crippen LogP contribution in [0.4, 0.5) is 0 Å². The lowest BCUT2D eigenvalue weighted by atomic mass is 10.1. The maximum absolute atomic E-state index is 12.9. The zero-order valence-electron chi connectivity index (χ0n) is 18.7. The number of hydrogen-bond acceptors (Lipinski definition) is 12. The molecule has 0 bridgehead atoms. The summed E-state index contributed by atoms with van der Waals surface area (Å²) in [5, 5.41) is 0. The molecule has 2 heterocycles. The van der Waals surface area contributed by atoms with Crippen LogP contribution in [0.1, 0.15) is 62.1 Å². The van der Waals surface area contributed by atoms with Gasteiger partial charge in [-0.2, -0.15) is 0 Å². The van der Waals surface area contributed by atoms with Gasteiger partial charge in [-0.05, 0) is 36.4 Å². The minimum Gasteiger partial charge on any atom is -0.371 e. The van der Waals surface area contributed by atoms with Crippen LogP contribution in [-0.2, 0) is 27.1 Å². The molecule has 0 aromatic heterocycles. The van der Waals surface area contributed by atoms with Crippen molar-refractivity contribution in [3.63, 3.8) is 0 Å². The SMILES string of the molecule is O=C(OP1OC(=O)c2ccccc2C(=O)O1)c1ccccc1C(=O)OP1OC(=O)c2ccccc2C(=O)O1. The number of rotatable bonds is 4. The van der Waals surface area contributed by atoms with Crippen molar-refractivity contribution in [1.29, 1.82) is 0 Å². The second-order valence-electron chi connectivity index (χ2n) is 7.36. The maximum Gasteiger partial charge on any atom is 0.537 e. The Hall–Kier alpha value is -4.66. The summed E-state index contributed by atoms with van der Waals surface area (Å²) in [7, 11) is -5.62. The number of hydrogen-bond donors (Lipinski definition) is 0. The van der Waals surface area contributed by atoms with Crippen molar-refractivity contribution in [2.24, 2.45) is 0 Å². The van der Waals surface area contributed by atoms with Gasteiger partial charge in [0.1, 0.15) is 0 Å². The summed E-state index contributed by atoms with van der Waals surface area (Å²) in [6.45, 7) is 0. The Morgan fingerprint density at radius 3 is 1.03 bits per heavy atom. The summed E-state index contributed by atoms with van der Waals surface area (Å²) < 4.78 is 30.2. The highest BCUT2D eigenvalue weighted by Crippen LogP contribution is 2.46. The monoisotopic (exact) mass is 554 g/mol. The van der Waals surface area contributed by atoms with E-state index in [0.717, 1.165) is 0 Å². The molecule has 0 amide bonds. The summed E-state index contributed by atoms with van der Waals surface area (Å²) in [6.07, 6.45) is 0. The average Bonchev–Trinajstić information content (AvgIpc) is 3.11. The molecular formula is C24H12O12P2. The van der Waals surface area contributed by atoms with Gasteiger partial charge in [0.15, 0.2) is 0 Å². The van der Waals surface area contributed by atoms with E-state index in [1.165, 1.54) is 72.8 Å². The van der Waals surface area contributed by atoms with Gasteiger partial charge in [-0.25, -0.2) is 28.8 Å². The van der Waals surface area contributed by atoms with Crippen LogP contribution in [0.25, 0.3) is 0 Å². The van der Waals surface area contributed by atoms with Gasteiger partial charge >= 0.3 is 53.0 Å². The molecule has 0 saturated heterocycles. The average molecular weight is 554 g/mol. The highest BCUT2D eigenvalue weighted by Gasteiger charge is 2.38. The number of fused-ring (bicyclic) bond motifs is 2. The van der Waals surface area contributed by atoms with Gasteiger partial charge in [-0.15, -0.1) is 0 Å². The number of benzene rings is 3. The molecule has 38 heavy (non-hydrogen) atoms. The third kappa shape index (κ3) is 4.95. The first-order chi connectivity index (χ1) is 18.3. The zero-order chi connectivity index (χ0) is 26.8. The van der Waals surface area contributed by atoms with E-state index >= 15 is 0 Å². The molecule has 0 unspecified atom stereocenters. The smallest absolute Gasteiger partial charge is 0.371 e. The Balaban J connectivity index is 1.31. The molecule has 190 valence electrons. The molecule has 3 aromatic carbocycles. The topological polar surface area (TPSA) is 158 Å². The van der Waals surface area contributed by atoms with Crippen molar-refractivity contribution in [3.8, 4) is 0 Å². The summed E-state index contributed by atoms with van der Waals surface area (Å²) in [5.74, 6) is -6.16. The van der Waals surface area contributed by atoms with E-state index in [1.54, 1.807) is 0 Å². The van der Waals surface area contributed by atoms with Crippen LogP contribution in [0.3, 0.4) is 0 Å². The molecule has 5 rings (SSSR count). The summed E-state index contributed by atoms with van der Waals surface area (Å²) in [5.41, 5.74) is -1.00. The molecule has 0 saturated carbocycles. The highest BCUT2D eigenvalue weighted by atomic mass is 31.2. The van der Waals surface area contributed by atoms with Gasteiger partial charge in [0.05, 0.1) is 33.4 Å². The number of carbonyl (C=O) groups excluding carboxylic acids is 6. The highest BCUT2D eigenvalue weighted by molar-refractivity contribution is 7.44. The van der Waals surface area contributed by atoms with Crippen LogP contribution in [0.15, 0.2) is 72.8 Å². The lowest BCUT2D eigenvalue weighted by Gasteiger charge is -2.14. The van der Waals surface area contributed by atoms with Crippen molar-refractivity contribution in [2.75, 3.05) is 0 Å². The van der Waals surface area contributed by atoms with Gasteiger partial charge in [-0.1, -0.05) is 36.4 Å². The first-order valence-electron chi connectivity index (χ1n) is 10.5. The molecule has 0 radical (unpaired) electrons. The first kappa shape index (κ1) is 25.0. The second-order valence-corrected chi connectivity index (χ2v) is 9.35. The van der Waals surface area contributed by atoms with Crippen molar-refractivity contribution < 1.29 is 55.9 Å². The predicted molar refractivity (Wildman–Crippen MR) is 126 cm³/mol. The van der Waals surface area contributed by atoms with E-state index in [9.17, 15) is 28.8 Å². The van der Waals surface area contributed by atoms with Gasteiger partial charge in [0, 0.05) is 0 Å². The fourth-order valence-electron chi connectivity index (χ4n) is 3.33. The molecule has 3 aromatic rings. The molecule has 0 fully saturated rings. The Morgan fingerprint density at radius 2 is 0.737 bits per heavy atom. The lowest BCUT2D eigenvalue weighted by Crippen LogP contribution is -2.14. The minimum absolute atomic E-state index is 0.0699. The quantitative estimate of drug-likeness (QED) is 0.416. The summed E-state index contributed by atoms with van der Waals surface area (Å²) in [6, 6.07) is 16.6. The molecule has 14 heteroatoms. The van der Waals surface area contributed by atoms with Gasteiger partial charge in [0.25, 0.3) is 0 Å². The second kappa shape index (κ2) is 10.4. The Kier molecular flexibility index (Phi) is 6.83.